The van der Waals surface area contributed by atoms with Gasteiger partial charge in [0.15, 0.2) is 5.78 Å². The van der Waals surface area contributed by atoms with Crippen LogP contribution in [0.2, 0.25) is 0 Å². The minimum atomic E-state index is -4.96. The SMILES string of the molecule is N=C(P)c1cc(-c2cccnc2[C@H](Cc2cc(F)cc(F)c2)NC(=O)CN=C2CCC(=O)C2=C(N)C(F)(F)F)ccc1F. The van der Waals surface area contributed by atoms with Gasteiger partial charge in [-0.1, -0.05) is 21.4 Å². The number of pyridine rings is 1. The fourth-order valence-electron chi connectivity index (χ4n) is 4.67. The number of halogens is 6. The summed E-state index contributed by atoms with van der Waals surface area (Å²) in [5, 5.41) is 10.5. The fraction of sp³-hybridized carbons (Fsp3) is 0.207. The standard InChI is InChI=1S/C29H24F6N5O2P/c30-16-8-14(9-17(31)12-16)10-22(26-18(2-1-7-38-26)15-3-4-20(32)19(11-15)28(37)43)40-24(42)13-39-21-5-6-23(41)25(21)27(36)29(33,34)35/h1-4,7-9,11-12,22,37H,5-6,10,13,36,43H2,(H,40,42)/t22-/m0/s1. The summed E-state index contributed by atoms with van der Waals surface area (Å²) in [7, 11) is 2.09. The highest BCUT2D eigenvalue weighted by Crippen LogP contribution is 2.32. The highest BCUT2D eigenvalue weighted by Gasteiger charge is 2.39. The lowest BCUT2D eigenvalue weighted by molar-refractivity contribution is -0.120. The molecule has 2 aromatic carbocycles. The van der Waals surface area contributed by atoms with Gasteiger partial charge in [0, 0.05) is 35.5 Å². The number of amides is 1. The molecule has 2 atom stereocenters. The van der Waals surface area contributed by atoms with Gasteiger partial charge in [-0.25, -0.2) is 13.2 Å². The zero-order chi connectivity index (χ0) is 31.5. The van der Waals surface area contributed by atoms with E-state index in [9.17, 15) is 35.9 Å². The maximum Gasteiger partial charge on any atom is 0.431 e. The summed E-state index contributed by atoms with van der Waals surface area (Å²) in [6.45, 7) is -0.682. The lowest BCUT2D eigenvalue weighted by Gasteiger charge is -2.21. The number of Topliss-reactive ketones (excluding diaryl/α,β-unsaturated/α-hetero) is 1. The quantitative estimate of drug-likeness (QED) is 0.136. The Labute approximate surface area is 244 Å². The number of alkyl halides is 3. The Bertz CT molecular complexity index is 1650. The highest BCUT2D eigenvalue weighted by molar-refractivity contribution is 7.41. The molecule has 3 aromatic rings. The Morgan fingerprint density at radius 1 is 1.09 bits per heavy atom. The Morgan fingerprint density at radius 3 is 2.44 bits per heavy atom. The summed E-state index contributed by atoms with van der Waals surface area (Å²) in [6, 6.07) is 8.98. The molecule has 1 amide bonds. The van der Waals surface area contributed by atoms with Crippen LogP contribution in [0.1, 0.15) is 35.7 Å². The van der Waals surface area contributed by atoms with Gasteiger partial charge in [0.2, 0.25) is 5.91 Å². The van der Waals surface area contributed by atoms with Gasteiger partial charge in [0.1, 0.15) is 29.7 Å². The predicted molar refractivity (Wildman–Crippen MR) is 151 cm³/mol. The van der Waals surface area contributed by atoms with Crippen molar-refractivity contribution >= 4 is 32.1 Å². The number of hydrogen-bond donors (Lipinski definition) is 3. The first-order valence-corrected chi connectivity index (χ1v) is 13.3. The molecule has 14 heteroatoms. The summed E-state index contributed by atoms with van der Waals surface area (Å²) in [4.78, 5) is 33.4. The van der Waals surface area contributed by atoms with E-state index in [1.807, 2.05) is 0 Å². The first-order valence-electron chi connectivity index (χ1n) is 12.7. The zero-order valence-corrected chi connectivity index (χ0v) is 23.4. The molecule has 4 N–H and O–H groups in total. The van der Waals surface area contributed by atoms with E-state index in [2.05, 4.69) is 24.5 Å². The number of ketones is 1. The largest absolute Gasteiger partial charge is 0.431 e. The number of hydrogen-bond acceptors (Lipinski definition) is 6. The molecule has 0 bridgehead atoms. The van der Waals surface area contributed by atoms with Crippen molar-refractivity contribution in [1.29, 1.82) is 5.41 Å². The Morgan fingerprint density at radius 2 is 1.79 bits per heavy atom. The molecule has 1 unspecified atom stereocenters. The van der Waals surface area contributed by atoms with E-state index < -0.39 is 59.2 Å². The van der Waals surface area contributed by atoms with E-state index in [0.29, 0.717) is 17.2 Å². The highest BCUT2D eigenvalue weighted by atomic mass is 31.0. The van der Waals surface area contributed by atoms with Crippen molar-refractivity contribution < 1.29 is 35.9 Å². The number of carbonyl (C=O) groups is 2. The van der Waals surface area contributed by atoms with Gasteiger partial charge >= 0.3 is 6.18 Å². The smallest absolute Gasteiger partial charge is 0.394 e. The minimum absolute atomic E-state index is 0.00554. The number of rotatable bonds is 8. The maximum absolute atomic E-state index is 14.3. The monoisotopic (exact) mass is 619 g/mol. The van der Waals surface area contributed by atoms with Gasteiger partial charge in [-0.05, 0) is 54.3 Å². The van der Waals surface area contributed by atoms with Crippen LogP contribution in [0.25, 0.3) is 11.1 Å². The van der Waals surface area contributed by atoms with Crippen LogP contribution in [-0.2, 0) is 16.0 Å². The lowest BCUT2D eigenvalue weighted by Crippen LogP contribution is -2.33. The summed E-state index contributed by atoms with van der Waals surface area (Å²) < 4.78 is 81.9. The third-order valence-electron chi connectivity index (χ3n) is 6.58. The van der Waals surface area contributed by atoms with E-state index in [-0.39, 0.29) is 47.2 Å². The first kappa shape index (κ1) is 31.6. The van der Waals surface area contributed by atoms with Crippen molar-refractivity contribution in [2.45, 2.75) is 31.5 Å². The van der Waals surface area contributed by atoms with Gasteiger partial charge in [-0.3, -0.25) is 19.6 Å². The Balaban J connectivity index is 1.71. The molecule has 1 aliphatic carbocycles. The van der Waals surface area contributed by atoms with Gasteiger partial charge in [-0.2, -0.15) is 13.2 Å². The first-order chi connectivity index (χ1) is 20.2. The molecule has 1 saturated carbocycles. The van der Waals surface area contributed by atoms with Gasteiger partial charge in [-0.15, -0.1) is 0 Å². The van der Waals surface area contributed by atoms with Crippen LogP contribution in [0.5, 0.6) is 0 Å². The summed E-state index contributed by atoms with van der Waals surface area (Å²) in [5.41, 5.74) is 3.64. The second kappa shape index (κ2) is 12.9. The van der Waals surface area contributed by atoms with Crippen molar-refractivity contribution in [2.75, 3.05) is 6.54 Å². The fourth-order valence-corrected chi connectivity index (χ4v) is 4.90. The van der Waals surface area contributed by atoms with Gasteiger partial charge in [0.05, 0.1) is 22.8 Å². The summed E-state index contributed by atoms with van der Waals surface area (Å²) >= 11 is 0. The molecule has 43 heavy (non-hydrogen) atoms. The minimum Gasteiger partial charge on any atom is -0.394 e. The van der Waals surface area contributed by atoms with E-state index in [1.54, 1.807) is 12.1 Å². The normalized spacial score (nSPS) is 16.3. The third-order valence-corrected chi connectivity index (χ3v) is 6.89. The van der Waals surface area contributed by atoms with Crippen molar-refractivity contribution in [3.8, 4) is 11.1 Å². The van der Waals surface area contributed by atoms with Crippen LogP contribution in [0.4, 0.5) is 26.3 Å². The molecule has 0 saturated heterocycles. The van der Waals surface area contributed by atoms with Crippen LogP contribution in [0.3, 0.4) is 0 Å². The average molecular weight is 620 g/mol. The molecular formula is C29H24F6N5O2P. The number of allylic oxidation sites excluding steroid dienone is 2. The molecule has 1 heterocycles. The topological polar surface area (TPSA) is 121 Å². The van der Waals surface area contributed by atoms with Crippen LogP contribution in [0, 0.1) is 22.9 Å². The predicted octanol–water partition coefficient (Wildman–Crippen LogP) is 5.35. The molecule has 0 radical (unpaired) electrons. The van der Waals surface area contributed by atoms with Crippen LogP contribution in [0.15, 0.2) is 71.0 Å². The summed E-state index contributed by atoms with van der Waals surface area (Å²) in [6.07, 6.45) is -4.10. The Kier molecular flexibility index (Phi) is 9.44. The van der Waals surface area contributed by atoms with Crippen molar-refractivity contribution in [1.82, 2.24) is 10.3 Å². The molecule has 0 spiro atoms. The van der Waals surface area contributed by atoms with Crippen molar-refractivity contribution in [2.24, 2.45) is 10.7 Å². The molecule has 4 rings (SSSR count). The number of nitrogens with two attached hydrogens (primary N) is 1. The van der Waals surface area contributed by atoms with Crippen LogP contribution >= 0.6 is 9.24 Å². The molecule has 1 fully saturated rings. The van der Waals surface area contributed by atoms with Crippen LogP contribution < -0.4 is 11.1 Å². The molecule has 0 aliphatic heterocycles. The van der Waals surface area contributed by atoms with Crippen LogP contribution in [-0.4, -0.2) is 40.6 Å². The third kappa shape index (κ3) is 7.53. The number of nitrogens with zero attached hydrogens (tertiary/aromatic N) is 2. The number of nitrogens with one attached hydrogen (secondary N) is 2. The second-order valence-electron chi connectivity index (χ2n) is 9.62. The molecule has 224 valence electrons. The van der Waals surface area contributed by atoms with E-state index in [1.165, 1.54) is 18.3 Å². The maximum atomic E-state index is 14.3. The molecular weight excluding hydrogens is 595 g/mol. The van der Waals surface area contributed by atoms with E-state index >= 15 is 0 Å². The second-order valence-corrected chi connectivity index (χ2v) is 10.2. The lowest BCUT2D eigenvalue weighted by atomic mass is 9.94. The molecule has 1 aromatic heterocycles. The summed E-state index contributed by atoms with van der Waals surface area (Å²) in [5.74, 6) is -3.99. The van der Waals surface area contributed by atoms with E-state index in [4.69, 9.17) is 11.1 Å². The molecule has 1 aliphatic rings. The van der Waals surface area contributed by atoms with Gasteiger partial charge in [0.25, 0.3) is 0 Å². The van der Waals surface area contributed by atoms with Crippen molar-refractivity contribution in [3.05, 3.63) is 100 Å². The zero-order valence-electron chi connectivity index (χ0n) is 22.2. The number of benzene rings is 2. The van der Waals surface area contributed by atoms with E-state index in [0.717, 1.165) is 18.2 Å². The number of aliphatic imine (C=N–C) groups is 1. The Hall–Kier alpha value is -4.38. The average Bonchev–Trinajstić information content (AvgIpc) is 3.30. The van der Waals surface area contributed by atoms with Crippen molar-refractivity contribution in [3.63, 3.8) is 0 Å². The number of aromatic nitrogens is 1. The van der Waals surface area contributed by atoms with Gasteiger partial charge < -0.3 is 16.5 Å². The molecule has 7 nitrogen and oxygen atoms in total. The number of carbonyl (C=O) groups excluding carboxylic acids is 2.